The maximum Gasteiger partial charge on any atom is 0.335 e. The molecule has 0 radical (unpaired) electrons. The zero-order valence-corrected chi connectivity index (χ0v) is 13.3. The summed E-state index contributed by atoms with van der Waals surface area (Å²) >= 11 is 1.49. The Balaban J connectivity index is 1.98. The highest BCUT2D eigenvalue weighted by Gasteiger charge is 2.11. The molecule has 0 unspecified atom stereocenters. The van der Waals surface area contributed by atoms with E-state index in [0.29, 0.717) is 15.8 Å². The summed E-state index contributed by atoms with van der Waals surface area (Å²) in [6.45, 7) is 3.86. The monoisotopic (exact) mass is 327 g/mol. The lowest BCUT2D eigenvalue weighted by Crippen LogP contribution is -2.16. The van der Waals surface area contributed by atoms with Gasteiger partial charge in [-0.25, -0.2) is 9.78 Å². The van der Waals surface area contributed by atoms with E-state index < -0.39 is 5.97 Å². The Labute approximate surface area is 135 Å². The number of carboxylic acid groups (broad SMARTS) is 1. The number of thiophene rings is 1. The fourth-order valence-corrected chi connectivity index (χ4v) is 3.14. The Morgan fingerprint density at radius 3 is 2.65 bits per heavy atom. The highest BCUT2D eigenvalue weighted by molar-refractivity contribution is 7.18. The van der Waals surface area contributed by atoms with Crippen molar-refractivity contribution in [2.75, 3.05) is 0 Å². The van der Waals surface area contributed by atoms with Gasteiger partial charge >= 0.3 is 5.97 Å². The highest BCUT2D eigenvalue weighted by Crippen LogP contribution is 2.25. The normalized spacial score (nSPS) is 11.4. The van der Waals surface area contributed by atoms with Crippen LogP contribution in [0.15, 0.2) is 40.5 Å². The van der Waals surface area contributed by atoms with Crippen molar-refractivity contribution < 1.29 is 9.90 Å². The third kappa shape index (κ3) is 2.78. The summed E-state index contributed by atoms with van der Waals surface area (Å²) in [6, 6.07) is 6.23. The molecule has 0 aliphatic rings. The van der Waals surface area contributed by atoms with Gasteiger partial charge in [-0.2, -0.15) is 9.78 Å². The first-order valence-corrected chi connectivity index (χ1v) is 7.64. The van der Waals surface area contributed by atoms with Crippen LogP contribution in [0.5, 0.6) is 0 Å². The highest BCUT2D eigenvalue weighted by atomic mass is 32.1. The van der Waals surface area contributed by atoms with E-state index in [1.165, 1.54) is 40.7 Å². The summed E-state index contributed by atoms with van der Waals surface area (Å²) in [5.74, 6) is -0.984. The Bertz CT molecular complexity index is 984. The van der Waals surface area contributed by atoms with Crippen LogP contribution in [-0.4, -0.2) is 27.0 Å². The average Bonchev–Trinajstić information content (AvgIpc) is 2.82. The molecule has 0 atom stereocenters. The van der Waals surface area contributed by atoms with Crippen molar-refractivity contribution in [3.8, 4) is 0 Å². The minimum Gasteiger partial charge on any atom is -0.478 e. The van der Waals surface area contributed by atoms with E-state index >= 15 is 0 Å². The third-order valence-corrected chi connectivity index (χ3v) is 4.68. The molecule has 23 heavy (non-hydrogen) atoms. The average molecular weight is 327 g/mol. The SMILES string of the molecule is Cc1sc2ncn(/N=C/c3ccc(C(=O)O)cc3)c(=O)c2c1C. The van der Waals surface area contributed by atoms with Gasteiger partial charge in [-0.05, 0) is 37.1 Å². The van der Waals surface area contributed by atoms with Gasteiger partial charge in [-0.1, -0.05) is 12.1 Å². The van der Waals surface area contributed by atoms with Crippen LogP contribution in [0.4, 0.5) is 0 Å². The van der Waals surface area contributed by atoms with Gasteiger partial charge in [0.05, 0.1) is 17.2 Å². The van der Waals surface area contributed by atoms with Crippen molar-refractivity contribution in [2.24, 2.45) is 5.10 Å². The number of aromatic carboxylic acids is 1. The number of benzene rings is 1. The van der Waals surface area contributed by atoms with E-state index in [0.717, 1.165) is 10.4 Å². The molecule has 2 aromatic heterocycles. The second-order valence-corrected chi connectivity index (χ2v) is 6.23. The number of fused-ring (bicyclic) bond motifs is 1. The smallest absolute Gasteiger partial charge is 0.335 e. The number of rotatable bonds is 3. The lowest BCUT2D eigenvalue weighted by molar-refractivity contribution is 0.0697. The molecule has 0 fully saturated rings. The molecule has 3 aromatic rings. The van der Waals surface area contributed by atoms with Crippen LogP contribution < -0.4 is 5.56 Å². The van der Waals surface area contributed by atoms with Crippen LogP contribution >= 0.6 is 11.3 Å². The first-order chi connectivity index (χ1) is 11.0. The minimum absolute atomic E-state index is 0.201. The van der Waals surface area contributed by atoms with Gasteiger partial charge in [0, 0.05) is 4.88 Å². The number of carbonyl (C=O) groups is 1. The molecule has 1 N–H and O–H groups in total. The lowest BCUT2D eigenvalue weighted by Gasteiger charge is -1.99. The van der Waals surface area contributed by atoms with Crippen LogP contribution in [0.25, 0.3) is 10.2 Å². The summed E-state index contributed by atoms with van der Waals surface area (Å²) in [6.07, 6.45) is 2.89. The summed E-state index contributed by atoms with van der Waals surface area (Å²) in [5.41, 5.74) is 1.61. The van der Waals surface area contributed by atoms with Crippen molar-refractivity contribution in [1.82, 2.24) is 9.66 Å². The maximum atomic E-state index is 12.5. The predicted octanol–water partition coefficient (Wildman–Crippen LogP) is 2.66. The number of aromatic nitrogens is 2. The second kappa shape index (κ2) is 5.77. The van der Waals surface area contributed by atoms with E-state index in [1.54, 1.807) is 12.1 Å². The molecule has 0 aliphatic carbocycles. The standard InChI is InChI=1S/C16H13N3O3S/c1-9-10(2)23-14-13(9)15(20)19(8-17-14)18-7-11-3-5-12(6-4-11)16(21)22/h3-8H,1-2H3,(H,21,22)/b18-7+. The van der Waals surface area contributed by atoms with Crippen molar-refractivity contribution in [3.63, 3.8) is 0 Å². The van der Waals surface area contributed by atoms with E-state index in [-0.39, 0.29) is 11.1 Å². The Morgan fingerprint density at radius 1 is 1.30 bits per heavy atom. The largest absolute Gasteiger partial charge is 0.478 e. The zero-order chi connectivity index (χ0) is 16.6. The minimum atomic E-state index is -0.984. The molecule has 0 amide bonds. The van der Waals surface area contributed by atoms with Crippen LogP contribution in [-0.2, 0) is 0 Å². The number of carboxylic acids is 1. The molecule has 1 aromatic carbocycles. The van der Waals surface area contributed by atoms with Crippen molar-refractivity contribution in [2.45, 2.75) is 13.8 Å². The molecular weight excluding hydrogens is 314 g/mol. The van der Waals surface area contributed by atoms with Gasteiger partial charge < -0.3 is 5.11 Å². The Morgan fingerprint density at radius 2 is 2.00 bits per heavy atom. The molecular formula is C16H13N3O3S. The molecule has 2 heterocycles. The predicted molar refractivity (Wildman–Crippen MR) is 89.7 cm³/mol. The molecule has 0 aliphatic heterocycles. The van der Waals surface area contributed by atoms with E-state index in [2.05, 4.69) is 10.1 Å². The van der Waals surface area contributed by atoms with Crippen LogP contribution in [0.2, 0.25) is 0 Å². The zero-order valence-electron chi connectivity index (χ0n) is 12.5. The lowest BCUT2D eigenvalue weighted by atomic mass is 10.1. The van der Waals surface area contributed by atoms with Crippen molar-refractivity contribution >= 4 is 33.7 Å². The Kier molecular flexibility index (Phi) is 3.79. The number of hydrogen-bond acceptors (Lipinski definition) is 5. The molecule has 0 bridgehead atoms. The first kappa shape index (κ1) is 15.1. The van der Waals surface area contributed by atoms with Crippen LogP contribution in [0.3, 0.4) is 0 Å². The van der Waals surface area contributed by atoms with Crippen molar-refractivity contribution in [3.05, 3.63) is 62.5 Å². The third-order valence-electron chi connectivity index (χ3n) is 3.56. The molecule has 0 saturated carbocycles. The van der Waals surface area contributed by atoms with Gasteiger partial charge in [0.2, 0.25) is 0 Å². The summed E-state index contributed by atoms with van der Waals surface area (Å²) < 4.78 is 1.19. The molecule has 3 rings (SSSR count). The second-order valence-electron chi connectivity index (χ2n) is 5.03. The van der Waals surface area contributed by atoms with Crippen LogP contribution in [0, 0.1) is 13.8 Å². The van der Waals surface area contributed by atoms with E-state index in [4.69, 9.17) is 5.11 Å². The fourth-order valence-electron chi connectivity index (χ4n) is 2.15. The number of aryl methyl sites for hydroxylation is 2. The van der Waals surface area contributed by atoms with E-state index in [1.807, 2.05) is 13.8 Å². The van der Waals surface area contributed by atoms with E-state index in [9.17, 15) is 9.59 Å². The van der Waals surface area contributed by atoms with Gasteiger partial charge in [0.25, 0.3) is 5.56 Å². The maximum absolute atomic E-state index is 12.5. The molecule has 6 nitrogen and oxygen atoms in total. The summed E-state index contributed by atoms with van der Waals surface area (Å²) in [7, 11) is 0. The molecule has 0 spiro atoms. The van der Waals surface area contributed by atoms with Crippen molar-refractivity contribution in [1.29, 1.82) is 0 Å². The van der Waals surface area contributed by atoms with Gasteiger partial charge in [0.15, 0.2) is 0 Å². The van der Waals surface area contributed by atoms with Gasteiger partial charge in [0.1, 0.15) is 11.2 Å². The fraction of sp³-hybridized carbons (Fsp3) is 0.125. The summed E-state index contributed by atoms with van der Waals surface area (Å²) in [4.78, 5) is 29.3. The molecule has 7 heteroatoms. The van der Waals surface area contributed by atoms with Gasteiger partial charge in [-0.15, -0.1) is 11.3 Å². The first-order valence-electron chi connectivity index (χ1n) is 6.82. The Hall–Kier alpha value is -2.80. The summed E-state index contributed by atoms with van der Waals surface area (Å²) in [5, 5.41) is 13.6. The van der Waals surface area contributed by atoms with Gasteiger partial charge in [-0.3, -0.25) is 4.79 Å². The number of hydrogen-bond donors (Lipinski definition) is 1. The number of nitrogens with zero attached hydrogens (tertiary/aromatic N) is 3. The van der Waals surface area contributed by atoms with Crippen LogP contribution in [0.1, 0.15) is 26.4 Å². The molecule has 0 saturated heterocycles. The quantitative estimate of drug-likeness (QED) is 0.750. The molecule has 116 valence electrons. The topological polar surface area (TPSA) is 84.6 Å².